The minimum Gasteiger partial charge on any atom is -0.264 e. The van der Waals surface area contributed by atoms with Gasteiger partial charge in [0.2, 0.25) is 0 Å². The van der Waals surface area contributed by atoms with Crippen LogP contribution in [0.2, 0.25) is 0 Å². The highest BCUT2D eigenvalue weighted by Crippen LogP contribution is 2.12. The van der Waals surface area contributed by atoms with E-state index in [1.54, 1.807) is 12.4 Å². The zero-order valence-electron chi connectivity index (χ0n) is 11.2. The second kappa shape index (κ2) is 10.8. The average Bonchev–Trinajstić information content (AvgIpc) is 2.44. The van der Waals surface area contributed by atoms with Crippen molar-refractivity contribution in [1.29, 1.82) is 0 Å². The van der Waals surface area contributed by atoms with Crippen LogP contribution >= 0.6 is 0 Å². The fourth-order valence-corrected chi connectivity index (χ4v) is 1.05. The van der Waals surface area contributed by atoms with Crippen molar-refractivity contribution >= 4 is 0 Å². The Labute approximate surface area is 105 Å². The summed E-state index contributed by atoms with van der Waals surface area (Å²) in [4.78, 5) is 8.23. The molecule has 0 fully saturated rings. The first kappa shape index (κ1) is 15.3. The van der Waals surface area contributed by atoms with Gasteiger partial charge in [0.05, 0.1) is 5.69 Å². The summed E-state index contributed by atoms with van der Waals surface area (Å²) in [5.74, 6) is 0. The lowest BCUT2D eigenvalue weighted by atomic mass is 10.2. The van der Waals surface area contributed by atoms with E-state index in [-0.39, 0.29) is 0 Å². The van der Waals surface area contributed by atoms with E-state index in [4.69, 9.17) is 0 Å². The molecule has 17 heavy (non-hydrogen) atoms. The predicted octanol–water partition coefficient (Wildman–Crippen LogP) is 4.59. The Hall–Kier alpha value is -1.70. The quantitative estimate of drug-likeness (QED) is 0.716. The zero-order chi connectivity index (χ0) is 12.9. The third-order valence-electron chi connectivity index (χ3n) is 1.62. The summed E-state index contributed by atoms with van der Waals surface area (Å²) in [5.41, 5.74) is 2.02. The van der Waals surface area contributed by atoms with Gasteiger partial charge in [-0.15, -0.1) is 0 Å². The van der Waals surface area contributed by atoms with Crippen molar-refractivity contribution in [3.05, 3.63) is 48.9 Å². The van der Waals surface area contributed by atoms with Gasteiger partial charge in [-0.1, -0.05) is 40.2 Å². The van der Waals surface area contributed by atoms with Gasteiger partial charge in [0.25, 0.3) is 0 Å². The number of pyridine rings is 2. The average molecular weight is 230 g/mol. The first-order valence-electron chi connectivity index (χ1n) is 6.20. The fraction of sp³-hybridized carbons (Fsp3) is 0.333. The molecule has 0 amide bonds. The number of hydrogen-bond donors (Lipinski definition) is 0. The first-order valence-corrected chi connectivity index (χ1v) is 6.20. The molecule has 2 heteroatoms. The molecule has 0 saturated carbocycles. The van der Waals surface area contributed by atoms with Crippen LogP contribution in [0.15, 0.2) is 48.9 Å². The molecule has 0 aromatic carbocycles. The molecule has 0 unspecified atom stereocenters. The Bertz CT molecular complexity index is 320. The van der Waals surface area contributed by atoms with Gasteiger partial charge in [-0.05, 0) is 24.3 Å². The van der Waals surface area contributed by atoms with E-state index < -0.39 is 0 Å². The summed E-state index contributed by atoms with van der Waals surface area (Å²) < 4.78 is 0. The lowest BCUT2D eigenvalue weighted by molar-refractivity contribution is 1.09. The van der Waals surface area contributed by atoms with E-state index in [9.17, 15) is 0 Å². The molecule has 2 nitrogen and oxygen atoms in total. The van der Waals surface area contributed by atoms with Gasteiger partial charge in [-0.2, -0.15) is 0 Å². The highest BCUT2D eigenvalue weighted by atomic mass is 14.7. The monoisotopic (exact) mass is 230 g/mol. The van der Waals surface area contributed by atoms with Crippen molar-refractivity contribution in [1.82, 2.24) is 9.97 Å². The van der Waals surface area contributed by atoms with Crippen molar-refractivity contribution in [3.63, 3.8) is 0 Å². The normalized spacial score (nSPS) is 8.24. The van der Waals surface area contributed by atoms with E-state index in [1.165, 1.54) is 6.42 Å². The highest BCUT2D eigenvalue weighted by molar-refractivity contribution is 5.56. The summed E-state index contributed by atoms with van der Waals surface area (Å²) >= 11 is 0. The molecule has 0 aliphatic rings. The van der Waals surface area contributed by atoms with E-state index >= 15 is 0 Å². The van der Waals surface area contributed by atoms with E-state index in [0.717, 1.165) is 11.3 Å². The third kappa shape index (κ3) is 6.46. The summed E-state index contributed by atoms with van der Waals surface area (Å²) in [6, 6.07) is 9.74. The Morgan fingerprint density at radius 2 is 1.65 bits per heavy atom. The van der Waals surface area contributed by atoms with Crippen LogP contribution in [0.5, 0.6) is 0 Å². The van der Waals surface area contributed by atoms with Crippen molar-refractivity contribution in [2.75, 3.05) is 0 Å². The molecule has 2 aromatic rings. The van der Waals surface area contributed by atoms with Gasteiger partial charge < -0.3 is 0 Å². The second-order valence-electron chi connectivity index (χ2n) is 3.16. The van der Waals surface area contributed by atoms with Gasteiger partial charge in [0, 0.05) is 24.2 Å². The molecular weight excluding hydrogens is 208 g/mol. The van der Waals surface area contributed by atoms with Gasteiger partial charge >= 0.3 is 0 Å². The van der Waals surface area contributed by atoms with Crippen molar-refractivity contribution in [3.8, 4) is 11.3 Å². The molecule has 92 valence electrons. The predicted molar refractivity (Wildman–Crippen MR) is 74.8 cm³/mol. The van der Waals surface area contributed by atoms with Crippen LogP contribution in [-0.4, -0.2) is 9.97 Å². The minimum atomic E-state index is 0.964. The summed E-state index contributed by atoms with van der Waals surface area (Å²) in [6.07, 6.45) is 6.59. The molecular formula is C15H22N2. The largest absolute Gasteiger partial charge is 0.264 e. The van der Waals surface area contributed by atoms with Crippen LogP contribution in [0.4, 0.5) is 0 Å². The van der Waals surface area contributed by atoms with Crippen molar-refractivity contribution < 1.29 is 0 Å². The van der Waals surface area contributed by atoms with Gasteiger partial charge in [0.1, 0.15) is 0 Å². The molecule has 2 aromatic heterocycles. The van der Waals surface area contributed by atoms with E-state index in [1.807, 2.05) is 50.4 Å². The first-order chi connectivity index (χ1) is 8.38. The number of rotatable bonds is 1. The van der Waals surface area contributed by atoms with Crippen LogP contribution in [0, 0.1) is 0 Å². The Morgan fingerprint density at radius 3 is 2.12 bits per heavy atom. The molecule has 0 aliphatic carbocycles. The Morgan fingerprint density at radius 1 is 0.941 bits per heavy atom. The molecule has 0 bridgehead atoms. The van der Waals surface area contributed by atoms with E-state index in [0.29, 0.717) is 0 Å². The molecule has 0 radical (unpaired) electrons. The summed E-state index contributed by atoms with van der Waals surface area (Å²) in [5, 5.41) is 0. The molecule has 0 N–H and O–H groups in total. The van der Waals surface area contributed by atoms with Crippen molar-refractivity contribution in [2.24, 2.45) is 0 Å². The second-order valence-corrected chi connectivity index (χ2v) is 3.16. The van der Waals surface area contributed by atoms with Crippen LogP contribution < -0.4 is 0 Å². The van der Waals surface area contributed by atoms with Crippen LogP contribution in [0.1, 0.15) is 34.1 Å². The molecule has 0 saturated heterocycles. The number of hydrogen-bond acceptors (Lipinski definition) is 2. The maximum Gasteiger partial charge on any atom is 0.0717 e. The highest BCUT2D eigenvalue weighted by Gasteiger charge is 1.94. The molecule has 2 heterocycles. The van der Waals surface area contributed by atoms with Crippen LogP contribution in [0.25, 0.3) is 11.3 Å². The van der Waals surface area contributed by atoms with Crippen LogP contribution in [-0.2, 0) is 0 Å². The van der Waals surface area contributed by atoms with Gasteiger partial charge in [-0.25, -0.2) is 0 Å². The van der Waals surface area contributed by atoms with Crippen molar-refractivity contribution in [2.45, 2.75) is 34.1 Å². The standard InChI is InChI=1S/C10H8N2.C3H8.C2H6/c1-2-7-12-10(5-1)9-4-3-6-11-8-9;1-3-2;1-2/h1-8H;3H2,1-2H3;1-2H3. The smallest absolute Gasteiger partial charge is 0.0717 e. The van der Waals surface area contributed by atoms with E-state index in [2.05, 4.69) is 23.8 Å². The maximum atomic E-state index is 4.21. The topological polar surface area (TPSA) is 25.8 Å². The molecule has 0 atom stereocenters. The third-order valence-corrected chi connectivity index (χ3v) is 1.62. The molecule has 2 rings (SSSR count). The zero-order valence-corrected chi connectivity index (χ0v) is 11.2. The number of nitrogens with zero attached hydrogens (tertiary/aromatic N) is 2. The number of aromatic nitrogens is 2. The lowest BCUT2D eigenvalue weighted by Gasteiger charge is -1.96. The summed E-state index contributed by atoms with van der Waals surface area (Å²) in [6.45, 7) is 8.25. The Kier molecular flexibility index (Phi) is 9.73. The molecule has 0 spiro atoms. The fourth-order valence-electron chi connectivity index (χ4n) is 1.05. The van der Waals surface area contributed by atoms with Gasteiger partial charge in [0.15, 0.2) is 0 Å². The van der Waals surface area contributed by atoms with Crippen LogP contribution in [0.3, 0.4) is 0 Å². The SMILES string of the molecule is CC.CCC.c1ccc(-c2cccnc2)nc1. The molecule has 0 aliphatic heterocycles. The van der Waals surface area contributed by atoms with Gasteiger partial charge in [-0.3, -0.25) is 9.97 Å². The summed E-state index contributed by atoms with van der Waals surface area (Å²) in [7, 11) is 0. The Balaban J connectivity index is 0.000000450. The maximum absolute atomic E-state index is 4.21. The lowest BCUT2D eigenvalue weighted by Crippen LogP contribution is -1.81. The minimum absolute atomic E-state index is 0.964.